The van der Waals surface area contributed by atoms with E-state index >= 15 is 0 Å². The number of allylic oxidation sites excluding steroid dienone is 9. The van der Waals surface area contributed by atoms with Crippen molar-refractivity contribution in [2.45, 2.75) is 52.1 Å². The summed E-state index contributed by atoms with van der Waals surface area (Å²) in [5.41, 5.74) is 18.5. The van der Waals surface area contributed by atoms with E-state index in [-0.39, 0.29) is 0 Å². The highest BCUT2D eigenvalue weighted by Gasteiger charge is 2.19. The molecule has 0 fully saturated rings. The van der Waals surface area contributed by atoms with Gasteiger partial charge in [0.25, 0.3) is 0 Å². The van der Waals surface area contributed by atoms with Crippen LogP contribution in [-0.4, -0.2) is 38.1 Å². The van der Waals surface area contributed by atoms with Gasteiger partial charge in [0.15, 0.2) is 0 Å². The van der Waals surface area contributed by atoms with Crippen LogP contribution in [0.1, 0.15) is 43.9 Å². The van der Waals surface area contributed by atoms with Crippen molar-refractivity contribution >= 4 is 43.6 Å². The Morgan fingerprint density at radius 1 is 0.652 bits per heavy atom. The van der Waals surface area contributed by atoms with Crippen LogP contribution in [0, 0.1) is 0 Å². The first kappa shape index (κ1) is 43.7. The number of para-hydroxylation sites is 2. The third-order valence-corrected chi connectivity index (χ3v) is 12.5. The summed E-state index contributed by atoms with van der Waals surface area (Å²) in [6.07, 6.45) is 22.9. The Bertz CT molecular complexity index is 3270. The number of nitrogens with zero attached hydrogens (tertiary/aromatic N) is 5. The molecule has 1 aliphatic rings. The number of rotatable bonds is 13. The minimum absolute atomic E-state index is 0.677. The topological polar surface area (TPSA) is 64.9 Å². The number of hydrogen-bond acceptors (Lipinski definition) is 4. The molecule has 0 spiro atoms. The van der Waals surface area contributed by atoms with Gasteiger partial charge < -0.3 is 15.2 Å². The van der Waals surface area contributed by atoms with Crippen LogP contribution in [0.25, 0.3) is 71.9 Å². The first-order valence-electron chi connectivity index (χ1n) is 23.3. The molecule has 66 heavy (non-hydrogen) atoms. The van der Waals surface area contributed by atoms with Crippen molar-refractivity contribution in [3.63, 3.8) is 0 Å². The van der Waals surface area contributed by atoms with E-state index in [2.05, 4.69) is 228 Å². The van der Waals surface area contributed by atoms with Crippen molar-refractivity contribution < 1.29 is 0 Å². The van der Waals surface area contributed by atoms with E-state index < -0.39 is 0 Å². The van der Waals surface area contributed by atoms with Crippen LogP contribution in [0.2, 0.25) is 0 Å². The summed E-state index contributed by atoms with van der Waals surface area (Å²) in [6.45, 7) is 3.76. The van der Waals surface area contributed by atoms with Crippen molar-refractivity contribution in [3.8, 4) is 28.3 Å². The fourth-order valence-electron chi connectivity index (χ4n) is 9.36. The van der Waals surface area contributed by atoms with Gasteiger partial charge in [-0.05, 0) is 97.5 Å². The van der Waals surface area contributed by atoms with Crippen LogP contribution >= 0.6 is 0 Å². The van der Waals surface area contributed by atoms with Gasteiger partial charge in [0.05, 0.1) is 27.9 Å². The van der Waals surface area contributed by atoms with Crippen molar-refractivity contribution in [3.05, 3.63) is 223 Å². The SMILES string of the molecule is CC/C=C\C=C/Cc1cc(-c2ccccc2)nc(-n2c3ccccc3c3cc(-c4ccc5c6ccccc6n(C/C=C(/C6=CC=CCCC6)N(C)Cc6ccccc6)c5c4)ccc32)n1.CN. The third-order valence-electron chi connectivity index (χ3n) is 12.5. The standard InChI is InChI=1S/C59H53N5.CH5N/c1-3-4-5-6-17-28-48-41-53(44-24-15-10-16-25-44)61-59(60-48)64-56-32-21-19-30-50(56)52-39-46(34-36-57(52)64)47-33-35-51-49-29-18-20-31-55(49)63(58(51)40-47)38-37-54(45-26-13-7-8-14-27-45)62(2)42-43-22-11-9-12-23-43;1-2/h4-7,9-13,15-26,29-37,39-41H,3,8,14,27-28,38,42H2,1-2H3;2H2,1H3/b5-4-,17-6-,54-37-;. The molecule has 0 unspecified atom stereocenters. The molecule has 1 aliphatic carbocycles. The number of likely N-dealkylation sites (N-methyl/N-ethyl adjacent to an activating group) is 1. The lowest BCUT2D eigenvalue weighted by Gasteiger charge is -2.25. The third kappa shape index (κ3) is 9.19. The first-order chi connectivity index (χ1) is 32.6. The number of fused-ring (bicyclic) bond motifs is 6. The number of aromatic nitrogens is 4. The second-order valence-corrected chi connectivity index (χ2v) is 16.8. The molecule has 3 heterocycles. The number of nitrogens with two attached hydrogens (primary N) is 1. The van der Waals surface area contributed by atoms with Gasteiger partial charge in [0.1, 0.15) is 0 Å². The van der Waals surface area contributed by atoms with Gasteiger partial charge in [0, 0.05) is 64.9 Å². The largest absolute Gasteiger partial charge is 0.370 e. The summed E-state index contributed by atoms with van der Waals surface area (Å²) in [5, 5.41) is 4.89. The Kier molecular flexibility index (Phi) is 13.6. The zero-order valence-corrected chi connectivity index (χ0v) is 38.3. The quantitative estimate of drug-likeness (QED) is 0.117. The van der Waals surface area contributed by atoms with Crippen LogP contribution in [0.3, 0.4) is 0 Å². The Balaban J connectivity index is 0.00000270. The predicted molar refractivity (Wildman–Crippen MR) is 280 cm³/mol. The molecule has 0 bridgehead atoms. The fraction of sp³-hybridized carbons (Fsp3) is 0.167. The maximum Gasteiger partial charge on any atom is 0.235 e. The molecule has 6 aromatic carbocycles. The van der Waals surface area contributed by atoms with Gasteiger partial charge in [-0.15, -0.1) is 0 Å². The number of hydrogen-bond donors (Lipinski definition) is 1. The Labute approximate surface area is 389 Å². The highest BCUT2D eigenvalue weighted by Crippen LogP contribution is 2.38. The molecular formula is C60H58N6. The molecule has 0 saturated carbocycles. The summed E-state index contributed by atoms with van der Waals surface area (Å²) in [6, 6.07) is 54.7. The van der Waals surface area contributed by atoms with Gasteiger partial charge in [-0.3, -0.25) is 4.57 Å². The van der Waals surface area contributed by atoms with E-state index in [0.29, 0.717) is 12.4 Å². The molecular weight excluding hydrogens is 805 g/mol. The molecule has 0 saturated heterocycles. The van der Waals surface area contributed by atoms with E-state index in [1.807, 2.05) is 6.07 Å². The molecule has 10 rings (SSSR count). The van der Waals surface area contributed by atoms with Crippen LogP contribution in [0.5, 0.6) is 0 Å². The van der Waals surface area contributed by atoms with Crippen molar-refractivity contribution in [2.75, 3.05) is 14.1 Å². The minimum Gasteiger partial charge on any atom is -0.370 e. The van der Waals surface area contributed by atoms with E-state index in [1.54, 1.807) is 0 Å². The highest BCUT2D eigenvalue weighted by atomic mass is 15.2. The molecule has 0 radical (unpaired) electrons. The van der Waals surface area contributed by atoms with E-state index in [0.717, 1.165) is 66.8 Å². The van der Waals surface area contributed by atoms with Gasteiger partial charge in [-0.25, -0.2) is 9.97 Å². The lowest BCUT2D eigenvalue weighted by atomic mass is 10.0. The van der Waals surface area contributed by atoms with Crippen molar-refractivity contribution in [1.29, 1.82) is 0 Å². The van der Waals surface area contributed by atoms with E-state index in [4.69, 9.17) is 9.97 Å². The lowest BCUT2D eigenvalue weighted by molar-refractivity contribution is 0.412. The molecule has 9 aromatic rings. The Hall–Kier alpha value is -7.54. The van der Waals surface area contributed by atoms with Gasteiger partial charge in [0.2, 0.25) is 5.95 Å². The van der Waals surface area contributed by atoms with Crippen LogP contribution in [-0.2, 0) is 19.5 Å². The van der Waals surface area contributed by atoms with Crippen LogP contribution < -0.4 is 5.73 Å². The maximum atomic E-state index is 5.24. The average Bonchev–Trinajstić information content (AvgIpc) is 3.72. The van der Waals surface area contributed by atoms with E-state index in [9.17, 15) is 0 Å². The second-order valence-electron chi connectivity index (χ2n) is 16.8. The summed E-state index contributed by atoms with van der Waals surface area (Å²) in [5.74, 6) is 0.677. The maximum absolute atomic E-state index is 5.24. The predicted octanol–water partition coefficient (Wildman–Crippen LogP) is 14.3. The summed E-state index contributed by atoms with van der Waals surface area (Å²) < 4.78 is 4.75. The lowest BCUT2D eigenvalue weighted by Crippen LogP contribution is -2.19. The molecule has 0 aliphatic heterocycles. The van der Waals surface area contributed by atoms with E-state index in [1.165, 1.54) is 67.6 Å². The first-order valence-corrected chi connectivity index (χ1v) is 23.3. The average molecular weight is 863 g/mol. The van der Waals surface area contributed by atoms with Crippen LogP contribution in [0.15, 0.2) is 212 Å². The highest BCUT2D eigenvalue weighted by molar-refractivity contribution is 6.11. The zero-order chi connectivity index (χ0) is 45.2. The monoisotopic (exact) mass is 862 g/mol. The Morgan fingerprint density at radius 3 is 2.12 bits per heavy atom. The van der Waals surface area contributed by atoms with Gasteiger partial charge in [-0.2, -0.15) is 0 Å². The normalized spacial score (nSPS) is 13.2. The summed E-state index contributed by atoms with van der Waals surface area (Å²) in [4.78, 5) is 12.9. The fourth-order valence-corrected chi connectivity index (χ4v) is 9.36. The van der Waals surface area contributed by atoms with Crippen molar-refractivity contribution in [2.24, 2.45) is 5.73 Å². The molecule has 3 aromatic heterocycles. The van der Waals surface area contributed by atoms with Crippen molar-refractivity contribution in [1.82, 2.24) is 24.0 Å². The smallest absolute Gasteiger partial charge is 0.235 e. The number of benzene rings is 6. The summed E-state index contributed by atoms with van der Waals surface area (Å²) >= 11 is 0. The molecule has 328 valence electrons. The summed E-state index contributed by atoms with van der Waals surface area (Å²) in [7, 11) is 3.74. The zero-order valence-electron chi connectivity index (χ0n) is 38.3. The van der Waals surface area contributed by atoms with Crippen LogP contribution in [0.4, 0.5) is 0 Å². The van der Waals surface area contributed by atoms with Gasteiger partial charge >= 0.3 is 0 Å². The molecule has 0 atom stereocenters. The molecule has 0 amide bonds. The minimum atomic E-state index is 0.677. The molecule has 2 N–H and O–H groups in total. The second kappa shape index (κ2) is 20.5. The molecule has 6 nitrogen and oxygen atoms in total. The van der Waals surface area contributed by atoms with Gasteiger partial charge in [-0.1, -0.05) is 165 Å². The molecule has 6 heteroatoms. The Morgan fingerprint density at radius 2 is 1.32 bits per heavy atom.